The molecule has 0 saturated carbocycles. The second kappa shape index (κ2) is 9.05. The topological polar surface area (TPSA) is 114 Å². The highest BCUT2D eigenvalue weighted by Crippen LogP contribution is 2.27. The first-order valence-electron chi connectivity index (χ1n) is 9.41. The fourth-order valence-corrected chi connectivity index (χ4v) is 3.37. The van der Waals surface area contributed by atoms with E-state index in [1.807, 2.05) is 0 Å². The van der Waals surface area contributed by atoms with Gasteiger partial charge in [0.2, 0.25) is 5.91 Å². The van der Waals surface area contributed by atoms with Gasteiger partial charge in [-0.25, -0.2) is 0 Å². The SMILES string of the molecule is CCn1c(=O)c(=O)[nH]c2cc(C(=O)N(C)CC(=O)Nc3cc(Cl)ccc3OC)ccc21. The zero-order valence-corrected chi connectivity index (χ0v) is 17.9. The molecule has 162 valence electrons. The van der Waals surface area contributed by atoms with Crippen LogP contribution in [0.4, 0.5) is 5.69 Å². The third kappa shape index (κ3) is 4.61. The van der Waals surface area contributed by atoms with Crippen LogP contribution in [0.2, 0.25) is 5.02 Å². The molecule has 2 amide bonds. The second-order valence-corrected chi connectivity index (χ2v) is 7.23. The van der Waals surface area contributed by atoms with Gasteiger partial charge in [-0.1, -0.05) is 11.6 Å². The molecule has 0 saturated heterocycles. The van der Waals surface area contributed by atoms with E-state index in [-0.39, 0.29) is 12.1 Å². The summed E-state index contributed by atoms with van der Waals surface area (Å²) >= 11 is 5.97. The van der Waals surface area contributed by atoms with E-state index < -0.39 is 22.9 Å². The maximum absolute atomic E-state index is 12.8. The molecule has 31 heavy (non-hydrogen) atoms. The van der Waals surface area contributed by atoms with Crippen molar-refractivity contribution in [1.82, 2.24) is 14.5 Å². The molecule has 0 atom stereocenters. The molecule has 1 aromatic heterocycles. The third-order valence-electron chi connectivity index (χ3n) is 4.70. The number of nitrogens with zero attached hydrogens (tertiary/aromatic N) is 2. The number of hydrogen-bond acceptors (Lipinski definition) is 5. The minimum absolute atomic E-state index is 0.225. The number of carbonyl (C=O) groups excluding carboxylic acids is 2. The average Bonchev–Trinajstić information content (AvgIpc) is 2.74. The Labute approximate surface area is 182 Å². The highest BCUT2D eigenvalue weighted by atomic mass is 35.5. The van der Waals surface area contributed by atoms with Crippen molar-refractivity contribution in [2.75, 3.05) is 26.0 Å². The van der Waals surface area contributed by atoms with Crippen LogP contribution >= 0.6 is 11.6 Å². The molecular weight excluding hydrogens is 424 g/mol. The van der Waals surface area contributed by atoms with E-state index in [0.29, 0.717) is 34.0 Å². The Bertz CT molecular complexity index is 1280. The number of ether oxygens (including phenoxy) is 1. The summed E-state index contributed by atoms with van der Waals surface area (Å²) in [6.07, 6.45) is 0. The molecule has 0 fully saturated rings. The lowest BCUT2D eigenvalue weighted by Crippen LogP contribution is -2.36. The Hall–Kier alpha value is -3.59. The molecule has 0 aliphatic carbocycles. The maximum atomic E-state index is 12.8. The first-order chi connectivity index (χ1) is 14.7. The zero-order chi connectivity index (χ0) is 22.7. The summed E-state index contributed by atoms with van der Waals surface area (Å²) in [5, 5.41) is 3.10. The minimum atomic E-state index is -0.762. The van der Waals surface area contributed by atoms with Crippen LogP contribution in [0.25, 0.3) is 11.0 Å². The molecule has 0 aliphatic heterocycles. The van der Waals surface area contributed by atoms with E-state index in [9.17, 15) is 19.2 Å². The van der Waals surface area contributed by atoms with E-state index in [0.717, 1.165) is 0 Å². The van der Waals surface area contributed by atoms with E-state index in [2.05, 4.69) is 10.3 Å². The van der Waals surface area contributed by atoms with Gasteiger partial charge < -0.3 is 24.5 Å². The van der Waals surface area contributed by atoms with Crippen molar-refractivity contribution in [3.8, 4) is 5.75 Å². The lowest BCUT2D eigenvalue weighted by Gasteiger charge is -2.18. The molecule has 0 unspecified atom stereocenters. The maximum Gasteiger partial charge on any atom is 0.316 e. The van der Waals surface area contributed by atoms with Crippen LogP contribution in [0.1, 0.15) is 17.3 Å². The first-order valence-corrected chi connectivity index (χ1v) is 9.78. The fraction of sp³-hybridized carbons (Fsp3) is 0.238. The minimum Gasteiger partial charge on any atom is -0.495 e. The van der Waals surface area contributed by atoms with Crippen molar-refractivity contribution in [2.24, 2.45) is 0 Å². The van der Waals surface area contributed by atoms with Gasteiger partial charge in [0, 0.05) is 24.2 Å². The van der Waals surface area contributed by atoms with Crippen molar-refractivity contribution < 1.29 is 14.3 Å². The molecule has 0 spiro atoms. The van der Waals surface area contributed by atoms with Crippen LogP contribution < -0.4 is 21.2 Å². The van der Waals surface area contributed by atoms with Crippen molar-refractivity contribution in [1.29, 1.82) is 0 Å². The Morgan fingerprint density at radius 2 is 1.94 bits per heavy atom. The van der Waals surface area contributed by atoms with Crippen molar-refractivity contribution in [3.05, 3.63) is 67.7 Å². The molecule has 0 bridgehead atoms. The van der Waals surface area contributed by atoms with Crippen LogP contribution in [0.3, 0.4) is 0 Å². The highest BCUT2D eigenvalue weighted by molar-refractivity contribution is 6.31. The number of benzene rings is 2. The monoisotopic (exact) mass is 444 g/mol. The van der Waals surface area contributed by atoms with Crippen molar-refractivity contribution >= 4 is 40.1 Å². The molecule has 10 heteroatoms. The number of halogens is 1. The Morgan fingerprint density at radius 1 is 1.19 bits per heavy atom. The number of likely N-dealkylation sites (N-methyl/N-ethyl adjacent to an activating group) is 1. The quantitative estimate of drug-likeness (QED) is 0.565. The predicted molar refractivity (Wildman–Crippen MR) is 118 cm³/mol. The number of methoxy groups -OCH3 is 1. The Balaban J connectivity index is 1.80. The number of nitrogens with one attached hydrogen (secondary N) is 2. The summed E-state index contributed by atoms with van der Waals surface area (Å²) < 4.78 is 6.52. The van der Waals surface area contributed by atoms with Gasteiger partial charge in [-0.2, -0.15) is 0 Å². The molecule has 1 heterocycles. The van der Waals surface area contributed by atoms with Crippen LogP contribution in [0.15, 0.2) is 46.0 Å². The van der Waals surface area contributed by atoms with Gasteiger partial charge in [-0.15, -0.1) is 0 Å². The standard InChI is InChI=1S/C21H21ClN4O5/c1-4-26-16-7-5-12(9-14(16)24-19(28)21(26)30)20(29)25(2)11-18(27)23-15-10-13(22)6-8-17(15)31-3/h5-10H,4,11H2,1-3H3,(H,23,27)(H,24,28). The molecule has 2 N–H and O–H groups in total. The highest BCUT2D eigenvalue weighted by Gasteiger charge is 2.18. The zero-order valence-electron chi connectivity index (χ0n) is 17.2. The number of anilines is 1. The Morgan fingerprint density at radius 3 is 2.61 bits per heavy atom. The fourth-order valence-electron chi connectivity index (χ4n) is 3.20. The van der Waals surface area contributed by atoms with Gasteiger partial charge in [0.15, 0.2) is 0 Å². The van der Waals surface area contributed by atoms with Crippen LogP contribution in [0, 0.1) is 0 Å². The molecule has 0 radical (unpaired) electrons. The summed E-state index contributed by atoms with van der Waals surface area (Å²) in [4.78, 5) is 52.8. The number of aromatic nitrogens is 2. The van der Waals surface area contributed by atoms with E-state index >= 15 is 0 Å². The smallest absolute Gasteiger partial charge is 0.316 e. The third-order valence-corrected chi connectivity index (χ3v) is 4.94. The van der Waals surface area contributed by atoms with Crippen molar-refractivity contribution in [3.63, 3.8) is 0 Å². The predicted octanol–water partition coefficient (Wildman–Crippen LogP) is 2.08. The number of fused-ring (bicyclic) bond motifs is 1. The molecule has 3 aromatic rings. The molecule has 2 aromatic carbocycles. The van der Waals surface area contributed by atoms with E-state index in [1.54, 1.807) is 37.3 Å². The Kier molecular flexibility index (Phi) is 6.45. The number of amides is 2. The van der Waals surface area contributed by atoms with Crippen LogP contribution in [-0.4, -0.2) is 47.0 Å². The summed E-state index contributed by atoms with van der Waals surface area (Å²) in [7, 11) is 2.95. The number of H-pyrrole nitrogens is 1. The van der Waals surface area contributed by atoms with E-state index in [4.69, 9.17) is 16.3 Å². The van der Waals surface area contributed by atoms with Crippen LogP contribution in [-0.2, 0) is 11.3 Å². The molecule has 9 nitrogen and oxygen atoms in total. The van der Waals surface area contributed by atoms with Gasteiger partial charge in [0.1, 0.15) is 5.75 Å². The average molecular weight is 445 g/mol. The summed E-state index contributed by atoms with van der Waals surface area (Å²) in [6.45, 7) is 1.84. The number of aromatic amines is 1. The van der Waals surface area contributed by atoms with E-state index in [1.165, 1.54) is 29.7 Å². The number of rotatable bonds is 6. The largest absolute Gasteiger partial charge is 0.495 e. The van der Waals surface area contributed by atoms with Gasteiger partial charge in [-0.05, 0) is 43.3 Å². The van der Waals surface area contributed by atoms with Crippen molar-refractivity contribution in [2.45, 2.75) is 13.5 Å². The number of aryl methyl sites for hydroxylation is 1. The summed E-state index contributed by atoms with van der Waals surface area (Å²) in [5.74, 6) is -0.428. The normalized spacial score (nSPS) is 10.7. The summed E-state index contributed by atoms with van der Waals surface area (Å²) in [6, 6.07) is 9.43. The van der Waals surface area contributed by atoms with Crippen LogP contribution in [0.5, 0.6) is 5.75 Å². The lowest BCUT2D eigenvalue weighted by atomic mass is 10.1. The number of carbonyl (C=O) groups is 2. The molecule has 3 rings (SSSR count). The van der Waals surface area contributed by atoms with Gasteiger partial charge in [-0.3, -0.25) is 19.2 Å². The van der Waals surface area contributed by atoms with Gasteiger partial charge in [0.05, 0.1) is 30.4 Å². The van der Waals surface area contributed by atoms with Gasteiger partial charge in [0.25, 0.3) is 5.91 Å². The summed E-state index contributed by atoms with van der Waals surface area (Å²) in [5.41, 5.74) is 0.110. The first kappa shape index (κ1) is 22.1. The lowest BCUT2D eigenvalue weighted by molar-refractivity contribution is -0.116. The molecule has 0 aliphatic rings. The van der Waals surface area contributed by atoms with Gasteiger partial charge >= 0.3 is 11.1 Å². The second-order valence-electron chi connectivity index (χ2n) is 6.79. The number of hydrogen-bond donors (Lipinski definition) is 2. The molecular formula is C21H21ClN4O5.